The van der Waals surface area contributed by atoms with Crippen LogP contribution in [0.25, 0.3) is 0 Å². The van der Waals surface area contributed by atoms with Crippen LogP contribution in [0.2, 0.25) is 0 Å². The predicted octanol–water partition coefficient (Wildman–Crippen LogP) is 4.38. The molecule has 0 aromatic heterocycles. The van der Waals surface area contributed by atoms with Gasteiger partial charge in [0.15, 0.2) is 0 Å². The van der Waals surface area contributed by atoms with Crippen LogP contribution < -0.4 is 0 Å². The molecule has 1 aliphatic carbocycles. The van der Waals surface area contributed by atoms with Crippen LogP contribution in [0.4, 0.5) is 0 Å². The summed E-state index contributed by atoms with van der Waals surface area (Å²) in [5.74, 6) is 2.55. The van der Waals surface area contributed by atoms with Gasteiger partial charge in [-0.1, -0.05) is 23.3 Å². The van der Waals surface area contributed by atoms with E-state index in [1.807, 2.05) is 0 Å². The Kier molecular flexibility index (Phi) is 6.52. The molecule has 2 atom stereocenters. The minimum atomic E-state index is -0.935. The quantitative estimate of drug-likeness (QED) is 0.744. The van der Waals surface area contributed by atoms with Crippen molar-refractivity contribution in [1.29, 1.82) is 0 Å². The summed E-state index contributed by atoms with van der Waals surface area (Å²) in [6.07, 6.45) is 9.36. The molecule has 22 heavy (non-hydrogen) atoms. The Labute approximate surface area is 143 Å². The van der Waals surface area contributed by atoms with Crippen molar-refractivity contribution in [2.75, 3.05) is 18.1 Å². The molecule has 0 bridgehead atoms. The first-order valence-corrected chi connectivity index (χ1v) is 10.3. The highest BCUT2D eigenvalue weighted by Gasteiger charge is 2.49. The van der Waals surface area contributed by atoms with Crippen molar-refractivity contribution in [2.45, 2.75) is 62.6 Å². The standard InChI is InChI=1S/C18H30O2S2/c1-14(2)6-4-7-15(3)16-12-18(21-10-5-11-22-18)9-8-17(16,20)13-19/h6-7,16,19-20H,4-5,8-13H2,1-3H3/b15-7+/t16-,17+/m1/s1. The summed E-state index contributed by atoms with van der Waals surface area (Å²) in [7, 11) is 0. The maximum atomic E-state index is 10.9. The number of hydrogen-bond acceptors (Lipinski definition) is 4. The molecule has 0 aromatic rings. The molecular formula is C18H30O2S2. The largest absolute Gasteiger partial charge is 0.393 e. The summed E-state index contributed by atoms with van der Waals surface area (Å²) in [5, 5.41) is 20.7. The molecule has 1 saturated heterocycles. The number of rotatable bonds is 4. The van der Waals surface area contributed by atoms with Gasteiger partial charge in [0.2, 0.25) is 0 Å². The molecule has 2 N–H and O–H groups in total. The van der Waals surface area contributed by atoms with Gasteiger partial charge in [-0.25, -0.2) is 0 Å². The molecule has 2 fully saturated rings. The predicted molar refractivity (Wildman–Crippen MR) is 99.4 cm³/mol. The highest BCUT2D eigenvalue weighted by atomic mass is 32.2. The van der Waals surface area contributed by atoms with Gasteiger partial charge in [-0.15, -0.1) is 23.5 Å². The lowest BCUT2D eigenvalue weighted by Crippen LogP contribution is -2.50. The second kappa shape index (κ2) is 7.78. The van der Waals surface area contributed by atoms with Crippen LogP contribution in [0.5, 0.6) is 0 Å². The van der Waals surface area contributed by atoms with Crippen LogP contribution in [0, 0.1) is 5.92 Å². The number of aliphatic hydroxyl groups excluding tert-OH is 1. The molecular weight excluding hydrogens is 312 g/mol. The number of thioether (sulfide) groups is 2. The van der Waals surface area contributed by atoms with Crippen LogP contribution in [-0.4, -0.2) is 38.0 Å². The molecule has 2 rings (SSSR count). The van der Waals surface area contributed by atoms with Gasteiger partial charge in [0, 0.05) is 5.92 Å². The minimum absolute atomic E-state index is 0.0786. The molecule has 0 radical (unpaired) electrons. The van der Waals surface area contributed by atoms with Crippen molar-refractivity contribution >= 4 is 23.5 Å². The monoisotopic (exact) mass is 342 g/mol. The molecule has 2 nitrogen and oxygen atoms in total. The van der Waals surface area contributed by atoms with Crippen molar-refractivity contribution in [1.82, 2.24) is 0 Å². The van der Waals surface area contributed by atoms with Gasteiger partial charge in [0.25, 0.3) is 0 Å². The second-order valence-corrected chi connectivity index (χ2v) is 10.2. The van der Waals surface area contributed by atoms with E-state index in [0.717, 1.165) is 19.3 Å². The maximum absolute atomic E-state index is 10.9. The third kappa shape index (κ3) is 4.34. The number of hydrogen-bond donors (Lipinski definition) is 2. The fourth-order valence-electron chi connectivity index (χ4n) is 3.46. The highest BCUT2D eigenvalue weighted by Crippen LogP contribution is 2.56. The molecule has 0 aromatic carbocycles. The van der Waals surface area contributed by atoms with E-state index in [9.17, 15) is 10.2 Å². The van der Waals surface area contributed by atoms with Gasteiger partial charge >= 0.3 is 0 Å². The average Bonchev–Trinajstić information content (AvgIpc) is 2.50. The third-order valence-corrected chi connectivity index (χ3v) is 8.40. The summed E-state index contributed by atoms with van der Waals surface area (Å²) in [6, 6.07) is 0. The smallest absolute Gasteiger partial charge is 0.0943 e. The van der Waals surface area contributed by atoms with E-state index in [-0.39, 0.29) is 16.6 Å². The van der Waals surface area contributed by atoms with Gasteiger partial charge in [-0.2, -0.15) is 0 Å². The van der Waals surface area contributed by atoms with Gasteiger partial charge in [-0.3, -0.25) is 0 Å². The molecule has 126 valence electrons. The SMILES string of the molecule is CC(C)=CC/C=C(\C)[C@H]1CC2(CC[C@]1(O)CO)SCCCS2. The fourth-order valence-corrected chi connectivity index (χ4v) is 6.86. The summed E-state index contributed by atoms with van der Waals surface area (Å²) in [5.41, 5.74) is 1.62. The zero-order valence-corrected chi connectivity index (χ0v) is 15.7. The van der Waals surface area contributed by atoms with Crippen LogP contribution in [0.15, 0.2) is 23.3 Å². The van der Waals surface area contributed by atoms with Crippen molar-refractivity contribution < 1.29 is 10.2 Å². The second-order valence-electron chi connectivity index (χ2n) is 6.94. The number of allylic oxidation sites excluding steroid dienone is 3. The molecule has 1 heterocycles. The Morgan fingerprint density at radius 3 is 2.41 bits per heavy atom. The van der Waals surface area contributed by atoms with Gasteiger partial charge < -0.3 is 10.2 Å². The first-order valence-electron chi connectivity index (χ1n) is 8.32. The van der Waals surface area contributed by atoms with E-state index in [4.69, 9.17) is 0 Å². The van der Waals surface area contributed by atoms with E-state index in [0.29, 0.717) is 6.42 Å². The molecule has 2 aliphatic rings. The van der Waals surface area contributed by atoms with Gasteiger partial charge in [-0.05, 0) is 64.4 Å². The van der Waals surface area contributed by atoms with Crippen molar-refractivity contribution in [2.24, 2.45) is 5.92 Å². The van der Waals surface area contributed by atoms with Gasteiger partial charge in [0.05, 0.1) is 16.3 Å². The van der Waals surface area contributed by atoms with Crippen LogP contribution >= 0.6 is 23.5 Å². The van der Waals surface area contributed by atoms with Crippen LogP contribution in [0.1, 0.15) is 52.9 Å². The van der Waals surface area contributed by atoms with Crippen LogP contribution in [-0.2, 0) is 0 Å². The van der Waals surface area contributed by atoms with E-state index in [1.54, 1.807) is 0 Å². The van der Waals surface area contributed by atoms with E-state index in [1.165, 1.54) is 29.1 Å². The maximum Gasteiger partial charge on any atom is 0.0943 e. The van der Waals surface area contributed by atoms with Crippen LogP contribution in [0.3, 0.4) is 0 Å². The summed E-state index contributed by atoms with van der Waals surface area (Å²) >= 11 is 4.16. The van der Waals surface area contributed by atoms with Crippen molar-refractivity contribution in [3.8, 4) is 0 Å². The average molecular weight is 343 g/mol. The molecule has 0 unspecified atom stereocenters. The first-order chi connectivity index (χ1) is 10.4. The molecule has 0 amide bonds. The molecule has 1 spiro atoms. The lowest BCUT2D eigenvalue weighted by molar-refractivity contribution is -0.0743. The first kappa shape index (κ1) is 18.4. The Hall–Kier alpha value is 0.1000. The lowest BCUT2D eigenvalue weighted by Gasteiger charge is -2.49. The molecule has 4 heteroatoms. The van der Waals surface area contributed by atoms with Crippen molar-refractivity contribution in [3.63, 3.8) is 0 Å². The third-order valence-electron chi connectivity index (χ3n) is 4.91. The Bertz CT molecular complexity index is 434. The van der Waals surface area contributed by atoms with Gasteiger partial charge in [0.1, 0.15) is 0 Å². The minimum Gasteiger partial charge on any atom is -0.393 e. The Balaban J connectivity index is 2.16. The van der Waals surface area contributed by atoms with Crippen molar-refractivity contribution in [3.05, 3.63) is 23.3 Å². The lowest BCUT2D eigenvalue weighted by atomic mass is 9.71. The van der Waals surface area contributed by atoms with E-state index < -0.39 is 5.60 Å². The van der Waals surface area contributed by atoms with E-state index >= 15 is 0 Å². The number of aliphatic hydroxyl groups is 2. The van der Waals surface area contributed by atoms with E-state index in [2.05, 4.69) is 56.4 Å². The fraction of sp³-hybridized carbons (Fsp3) is 0.778. The highest BCUT2D eigenvalue weighted by molar-refractivity contribution is 8.18. The molecule has 1 saturated carbocycles. The summed E-state index contributed by atoms with van der Waals surface area (Å²) in [4.78, 5) is 0. The zero-order chi connectivity index (χ0) is 16.2. The summed E-state index contributed by atoms with van der Waals surface area (Å²) < 4.78 is 0.260. The topological polar surface area (TPSA) is 40.5 Å². The Morgan fingerprint density at radius 1 is 1.14 bits per heavy atom. The molecule has 1 aliphatic heterocycles. The summed E-state index contributed by atoms with van der Waals surface area (Å²) in [6.45, 7) is 6.22. The Morgan fingerprint density at radius 2 is 1.82 bits per heavy atom. The normalized spacial score (nSPS) is 32.0. The zero-order valence-electron chi connectivity index (χ0n) is 14.1.